The minimum absolute atomic E-state index is 0.191. The third kappa shape index (κ3) is 2.11. The summed E-state index contributed by atoms with van der Waals surface area (Å²) in [5.41, 5.74) is 0.646. The van der Waals surface area contributed by atoms with Crippen molar-refractivity contribution in [2.75, 3.05) is 5.32 Å². The summed E-state index contributed by atoms with van der Waals surface area (Å²) in [7, 11) is 0. The molecule has 1 amide bonds. The molecule has 3 rings (SSSR count). The summed E-state index contributed by atoms with van der Waals surface area (Å²) in [4.78, 5) is 26.8. The normalized spacial score (nSPS) is 10.5. The predicted molar refractivity (Wildman–Crippen MR) is 71.1 cm³/mol. The molecule has 0 saturated heterocycles. The number of aromatic amines is 2. The van der Waals surface area contributed by atoms with E-state index in [2.05, 4.69) is 20.5 Å². The van der Waals surface area contributed by atoms with Crippen molar-refractivity contribution in [2.24, 2.45) is 0 Å². The third-order valence-corrected chi connectivity index (χ3v) is 2.73. The number of aromatic nitrogens is 3. The van der Waals surface area contributed by atoms with E-state index in [0.29, 0.717) is 16.7 Å². The molecule has 0 aliphatic rings. The number of rotatable bonds is 2. The molecule has 6 nitrogen and oxygen atoms in total. The summed E-state index contributed by atoms with van der Waals surface area (Å²) in [5, 5.41) is 9.50. The van der Waals surface area contributed by atoms with E-state index in [1.54, 1.807) is 30.3 Å². The van der Waals surface area contributed by atoms with Gasteiger partial charge in [-0.15, -0.1) is 0 Å². The van der Waals surface area contributed by atoms with Crippen molar-refractivity contribution in [1.82, 2.24) is 15.2 Å². The van der Waals surface area contributed by atoms with Gasteiger partial charge in [-0.2, -0.15) is 5.10 Å². The summed E-state index contributed by atoms with van der Waals surface area (Å²) in [6.07, 6.45) is 1.53. The molecular formula is C13H10N4O2. The van der Waals surface area contributed by atoms with Gasteiger partial charge in [0.2, 0.25) is 0 Å². The quantitative estimate of drug-likeness (QED) is 0.647. The fourth-order valence-electron chi connectivity index (χ4n) is 1.83. The lowest BCUT2D eigenvalue weighted by atomic mass is 10.2. The Bertz CT molecular complexity index is 790. The summed E-state index contributed by atoms with van der Waals surface area (Å²) in [6.45, 7) is 0. The lowest BCUT2D eigenvalue weighted by molar-refractivity contribution is 0.102. The lowest BCUT2D eigenvalue weighted by Gasteiger charge is -2.04. The summed E-state index contributed by atoms with van der Waals surface area (Å²) in [5.74, 6) is 0.0751. The van der Waals surface area contributed by atoms with Gasteiger partial charge in [-0.25, -0.2) is 0 Å². The van der Waals surface area contributed by atoms with E-state index in [0.717, 1.165) is 0 Å². The molecule has 0 bridgehead atoms. The van der Waals surface area contributed by atoms with Crippen LogP contribution in [0, 0.1) is 0 Å². The highest BCUT2D eigenvalue weighted by Crippen LogP contribution is 2.08. The van der Waals surface area contributed by atoms with E-state index in [9.17, 15) is 9.59 Å². The second-order valence-corrected chi connectivity index (χ2v) is 4.02. The first kappa shape index (κ1) is 11.2. The van der Waals surface area contributed by atoms with E-state index in [1.165, 1.54) is 12.3 Å². The van der Waals surface area contributed by atoms with Gasteiger partial charge < -0.3 is 10.3 Å². The van der Waals surface area contributed by atoms with Crippen molar-refractivity contribution >= 4 is 22.6 Å². The van der Waals surface area contributed by atoms with Crippen LogP contribution < -0.4 is 10.7 Å². The topological polar surface area (TPSA) is 90.6 Å². The van der Waals surface area contributed by atoms with Gasteiger partial charge in [-0.3, -0.25) is 14.7 Å². The number of carbonyl (C=O) groups is 1. The van der Waals surface area contributed by atoms with Crippen LogP contribution in [-0.4, -0.2) is 21.1 Å². The first-order valence-electron chi connectivity index (χ1n) is 5.67. The van der Waals surface area contributed by atoms with Crippen LogP contribution in [0.25, 0.3) is 10.9 Å². The van der Waals surface area contributed by atoms with Gasteiger partial charge >= 0.3 is 0 Å². The fraction of sp³-hybridized carbons (Fsp3) is 0. The zero-order valence-corrected chi connectivity index (χ0v) is 9.81. The molecule has 94 valence electrons. The minimum Gasteiger partial charge on any atom is -0.350 e. The molecule has 0 aliphatic heterocycles. The Morgan fingerprint density at radius 1 is 1.21 bits per heavy atom. The van der Waals surface area contributed by atoms with Gasteiger partial charge in [0.15, 0.2) is 5.43 Å². The molecule has 2 heterocycles. The third-order valence-electron chi connectivity index (χ3n) is 2.73. The fourth-order valence-corrected chi connectivity index (χ4v) is 1.83. The first-order valence-corrected chi connectivity index (χ1v) is 5.67. The molecule has 2 aromatic heterocycles. The number of anilines is 1. The predicted octanol–water partition coefficient (Wildman–Crippen LogP) is 1.50. The maximum atomic E-state index is 12.0. The number of amides is 1. The number of hydrogen-bond acceptors (Lipinski definition) is 3. The van der Waals surface area contributed by atoms with Crippen LogP contribution in [0.1, 0.15) is 10.5 Å². The summed E-state index contributed by atoms with van der Waals surface area (Å²) < 4.78 is 0. The monoisotopic (exact) mass is 254 g/mol. The molecule has 0 unspecified atom stereocenters. The Balaban J connectivity index is 2.01. The van der Waals surface area contributed by atoms with Crippen molar-refractivity contribution in [3.05, 3.63) is 58.5 Å². The van der Waals surface area contributed by atoms with Crippen LogP contribution in [0.5, 0.6) is 0 Å². The Morgan fingerprint density at radius 2 is 2.05 bits per heavy atom. The van der Waals surface area contributed by atoms with Crippen molar-refractivity contribution < 1.29 is 4.79 Å². The molecule has 0 fully saturated rings. The second-order valence-electron chi connectivity index (χ2n) is 4.02. The molecule has 0 atom stereocenters. The van der Waals surface area contributed by atoms with Gasteiger partial charge in [-0.05, 0) is 12.1 Å². The van der Waals surface area contributed by atoms with Gasteiger partial charge in [-0.1, -0.05) is 12.1 Å². The van der Waals surface area contributed by atoms with Crippen LogP contribution in [0.4, 0.5) is 5.82 Å². The highest BCUT2D eigenvalue weighted by Gasteiger charge is 2.10. The number of carbonyl (C=O) groups excluding carboxylic acids is 1. The zero-order chi connectivity index (χ0) is 13.2. The molecule has 19 heavy (non-hydrogen) atoms. The van der Waals surface area contributed by atoms with E-state index in [1.807, 2.05) is 0 Å². The van der Waals surface area contributed by atoms with Crippen LogP contribution in [-0.2, 0) is 0 Å². The maximum Gasteiger partial charge on any atom is 0.273 e. The number of benzene rings is 1. The van der Waals surface area contributed by atoms with Crippen LogP contribution >= 0.6 is 0 Å². The molecule has 0 saturated carbocycles. The Hall–Kier alpha value is -2.89. The molecule has 3 aromatic rings. The molecule has 0 radical (unpaired) electrons. The van der Waals surface area contributed by atoms with E-state index in [4.69, 9.17) is 0 Å². The van der Waals surface area contributed by atoms with Crippen molar-refractivity contribution in [1.29, 1.82) is 0 Å². The van der Waals surface area contributed by atoms with Gasteiger partial charge in [0.1, 0.15) is 11.5 Å². The van der Waals surface area contributed by atoms with E-state index < -0.39 is 5.91 Å². The first-order chi connectivity index (χ1) is 9.24. The smallest absolute Gasteiger partial charge is 0.273 e. The Labute approximate surface area is 107 Å². The number of fused-ring (bicyclic) bond motifs is 1. The van der Waals surface area contributed by atoms with Crippen LogP contribution in [0.2, 0.25) is 0 Å². The lowest BCUT2D eigenvalue weighted by Crippen LogP contribution is -2.17. The molecule has 0 spiro atoms. The van der Waals surface area contributed by atoms with Gasteiger partial charge in [0.05, 0.1) is 6.20 Å². The number of pyridine rings is 1. The number of H-pyrrole nitrogens is 2. The van der Waals surface area contributed by atoms with Crippen molar-refractivity contribution in [2.45, 2.75) is 0 Å². The maximum absolute atomic E-state index is 12.0. The van der Waals surface area contributed by atoms with Crippen molar-refractivity contribution in [3.63, 3.8) is 0 Å². The van der Waals surface area contributed by atoms with E-state index >= 15 is 0 Å². The average Bonchev–Trinajstić information content (AvgIpc) is 2.91. The number of nitrogens with one attached hydrogen (secondary N) is 3. The van der Waals surface area contributed by atoms with Crippen molar-refractivity contribution in [3.8, 4) is 0 Å². The number of para-hydroxylation sites is 1. The van der Waals surface area contributed by atoms with Gasteiger partial charge in [0, 0.05) is 23.0 Å². The molecule has 1 aromatic carbocycles. The average molecular weight is 254 g/mol. The summed E-state index contributed by atoms with van der Waals surface area (Å²) >= 11 is 0. The number of nitrogens with zero attached hydrogens (tertiary/aromatic N) is 1. The SMILES string of the molecule is O=C(Nc1ccn[nH]1)c1cc(=O)c2ccccc2[nH]1. The summed E-state index contributed by atoms with van der Waals surface area (Å²) in [6, 6.07) is 9.95. The Kier molecular flexibility index (Phi) is 2.60. The standard InChI is InChI=1S/C13H10N4O2/c18-11-7-10(13(19)16-12-5-6-14-17-12)15-9-4-2-1-3-8(9)11/h1-7H,(H,15,18)(H2,14,16,17,19). The molecule has 0 aliphatic carbocycles. The molecular weight excluding hydrogens is 244 g/mol. The number of hydrogen-bond donors (Lipinski definition) is 3. The largest absolute Gasteiger partial charge is 0.350 e. The Morgan fingerprint density at radius 3 is 2.84 bits per heavy atom. The van der Waals surface area contributed by atoms with Gasteiger partial charge in [0.25, 0.3) is 5.91 Å². The highest BCUT2D eigenvalue weighted by atomic mass is 16.2. The molecule has 6 heteroatoms. The minimum atomic E-state index is -0.396. The highest BCUT2D eigenvalue weighted by molar-refractivity contribution is 6.03. The van der Waals surface area contributed by atoms with Crippen LogP contribution in [0.3, 0.4) is 0 Å². The zero-order valence-electron chi connectivity index (χ0n) is 9.81. The van der Waals surface area contributed by atoms with Crippen LogP contribution in [0.15, 0.2) is 47.4 Å². The van der Waals surface area contributed by atoms with E-state index in [-0.39, 0.29) is 11.1 Å². The molecule has 3 N–H and O–H groups in total. The second kappa shape index (κ2) is 4.41.